The molecule has 0 aliphatic carbocycles. The Morgan fingerprint density at radius 2 is 1.78 bits per heavy atom. The maximum atomic E-state index is 12.8. The molecule has 0 heterocycles. The topological polar surface area (TPSA) is 58.6 Å². The number of hydrogen-bond acceptors (Lipinski definition) is 3. The van der Waals surface area contributed by atoms with Gasteiger partial charge in [0.05, 0.1) is 6.04 Å². The van der Waals surface area contributed by atoms with E-state index < -0.39 is 30.0 Å². The molecule has 1 aromatic carbocycles. The van der Waals surface area contributed by atoms with Crippen molar-refractivity contribution in [1.82, 2.24) is 5.32 Å². The molecule has 0 fully saturated rings. The van der Waals surface area contributed by atoms with E-state index in [0.29, 0.717) is 0 Å². The van der Waals surface area contributed by atoms with Crippen molar-refractivity contribution in [2.24, 2.45) is 0 Å². The van der Waals surface area contributed by atoms with Crippen LogP contribution in [0.3, 0.4) is 0 Å². The Bertz CT molecular complexity index is 498. The Kier molecular flexibility index (Phi) is 6.44. The van der Waals surface area contributed by atoms with Gasteiger partial charge in [-0.15, -0.1) is 0 Å². The zero-order valence-corrected chi connectivity index (χ0v) is 13.4. The summed E-state index contributed by atoms with van der Waals surface area (Å²) < 4.78 is 43.3. The summed E-state index contributed by atoms with van der Waals surface area (Å²) in [6.07, 6.45) is -8.24. The van der Waals surface area contributed by atoms with Crippen LogP contribution in [-0.4, -0.2) is 35.1 Å². The van der Waals surface area contributed by atoms with E-state index in [1.807, 2.05) is 0 Å². The van der Waals surface area contributed by atoms with E-state index in [-0.39, 0.29) is 12.8 Å². The Morgan fingerprint density at radius 3 is 2.26 bits per heavy atom. The molecule has 0 spiro atoms. The summed E-state index contributed by atoms with van der Waals surface area (Å²) in [4.78, 5) is 11.7. The average Bonchev–Trinajstić information content (AvgIpc) is 2.40. The number of ether oxygens (including phenoxy) is 1. The van der Waals surface area contributed by atoms with Gasteiger partial charge in [0.2, 0.25) is 0 Å². The number of alkyl halides is 3. The first-order valence-electron chi connectivity index (χ1n) is 7.27. The monoisotopic (exact) mass is 333 g/mol. The molecule has 0 saturated heterocycles. The third-order valence-corrected chi connectivity index (χ3v) is 3.01. The number of hydrogen-bond donors (Lipinski definition) is 2. The number of aliphatic hydroxyl groups is 1. The predicted molar refractivity (Wildman–Crippen MR) is 80.0 cm³/mol. The zero-order valence-electron chi connectivity index (χ0n) is 13.4. The number of halogens is 3. The van der Waals surface area contributed by atoms with E-state index in [4.69, 9.17) is 4.74 Å². The van der Waals surface area contributed by atoms with Gasteiger partial charge in [0.1, 0.15) is 5.60 Å². The lowest BCUT2D eigenvalue weighted by molar-refractivity contribution is -0.212. The van der Waals surface area contributed by atoms with Crippen molar-refractivity contribution >= 4 is 6.09 Å². The molecule has 130 valence electrons. The standard InChI is InChI=1S/C16H22F3NO3/c1-15(2,3)23-14(22)20-12(13(21)16(17,18)19)10-9-11-7-5-4-6-8-11/h4-8,12-13,21H,9-10H2,1-3H3,(H,20,22)/t12-,13-/m0/s1. The van der Waals surface area contributed by atoms with Gasteiger partial charge in [0.15, 0.2) is 6.10 Å². The van der Waals surface area contributed by atoms with E-state index in [2.05, 4.69) is 5.32 Å². The molecule has 0 unspecified atom stereocenters. The van der Waals surface area contributed by atoms with Crippen molar-refractivity contribution in [3.8, 4) is 0 Å². The molecule has 1 rings (SSSR count). The molecule has 1 aromatic rings. The Morgan fingerprint density at radius 1 is 1.22 bits per heavy atom. The molecule has 2 N–H and O–H groups in total. The molecule has 23 heavy (non-hydrogen) atoms. The minimum Gasteiger partial charge on any atom is -0.444 e. The zero-order chi connectivity index (χ0) is 17.7. The van der Waals surface area contributed by atoms with Crippen LogP contribution in [0.15, 0.2) is 30.3 Å². The third-order valence-electron chi connectivity index (χ3n) is 3.01. The normalized spacial score (nSPS) is 14.9. The van der Waals surface area contributed by atoms with E-state index in [1.165, 1.54) is 0 Å². The van der Waals surface area contributed by atoms with E-state index in [9.17, 15) is 23.1 Å². The molecular weight excluding hydrogens is 311 g/mol. The number of carbonyl (C=O) groups is 1. The van der Waals surface area contributed by atoms with Gasteiger partial charge < -0.3 is 15.2 Å². The number of nitrogens with one attached hydrogen (secondary N) is 1. The van der Waals surface area contributed by atoms with Crippen LogP contribution in [0, 0.1) is 0 Å². The summed E-state index contributed by atoms with van der Waals surface area (Å²) in [6, 6.07) is 7.39. The molecule has 4 nitrogen and oxygen atoms in total. The van der Waals surface area contributed by atoms with Crippen molar-refractivity contribution in [2.45, 2.75) is 57.5 Å². The van der Waals surface area contributed by atoms with Crippen LogP contribution in [0.4, 0.5) is 18.0 Å². The van der Waals surface area contributed by atoms with Crippen molar-refractivity contribution in [2.75, 3.05) is 0 Å². The fourth-order valence-electron chi connectivity index (χ4n) is 1.96. The quantitative estimate of drug-likeness (QED) is 0.868. The number of aliphatic hydroxyl groups excluding tert-OH is 1. The summed E-state index contributed by atoms with van der Waals surface area (Å²) in [5, 5.41) is 11.6. The van der Waals surface area contributed by atoms with Gasteiger partial charge in [-0.1, -0.05) is 30.3 Å². The third kappa shape index (κ3) is 7.36. The second kappa shape index (κ2) is 7.68. The van der Waals surface area contributed by atoms with Crippen molar-refractivity contribution < 1.29 is 27.8 Å². The van der Waals surface area contributed by atoms with Gasteiger partial charge in [0, 0.05) is 0 Å². The van der Waals surface area contributed by atoms with Crippen LogP contribution in [0.2, 0.25) is 0 Å². The van der Waals surface area contributed by atoms with Crippen LogP contribution in [0.1, 0.15) is 32.8 Å². The van der Waals surface area contributed by atoms with Crippen molar-refractivity contribution in [3.63, 3.8) is 0 Å². The van der Waals surface area contributed by atoms with E-state index in [1.54, 1.807) is 51.1 Å². The average molecular weight is 333 g/mol. The summed E-state index contributed by atoms with van der Waals surface area (Å²) in [5.41, 5.74) is -0.0186. The SMILES string of the molecule is CC(C)(C)OC(=O)N[C@@H](CCc1ccccc1)[C@H](O)C(F)(F)F. The maximum Gasteiger partial charge on any atom is 0.416 e. The van der Waals surface area contributed by atoms with Crippen LogP contribution in [0.5, 0.6) is 0 Å². The predicted octanol–water partition coefficient (Wildman–Crippen LogP) is 3.44. The first-order valence-corrected chi connectivity index (χ1v) is 7.27. The molecule has 0 saturated carbocycles. The smallest absolute Gasteiger partial charge is 0.416 e. The summed E-state index contributed by atoms with van der Waals surface area (Å²) >= 11 is 0. The molecule has 0 bridgehead atoms. The van der Waals surface area contributed by atoms with Gasteiger partial charge in [-0.05, 0) is 39.2 Å². The largest absolute Gasteiger partial charge is 0.444 e. The van der Waals surface area contributed by atoms with E-state index in [0.717, 1.165) is 5.56 Å². The van der Waals surface area contributed by atoms with Gasteiger partial charge in [-0.2, -0.15) is 13.2 Å². The number of amides is 1. The maximum absolute atomic E-state index is 12.8. The highest BCUT2D eigenvalue weighted by molar-refractivity contribution is 5.68. The molecule has 0 aliphatic heterocycles. The van der Waals surface area contributed by atoms with Crippen LogP contribution < -0.4 is 5.32 Å². The number of carbonyl (C=O) groups excluding carboxylic acids is 1. The highest BCUT2D eigenvalue weighted by Gasteiger charge is 2.44. The van der Waals surface area contributed by atoms with E-state index >= 15 is 0 Å². The number of rotatable bonds is 5. The van der Waals surface area contributed by atoms with Gasteiger partial charge in [0.25, 0.3) is 0 Å². The van der Waals surface area contributed by atoms with Gasteiger partial charge in [-0.3, -0.25) is 0 Å². The fraction of sp³-hybridized carbons (Fsp3) is 0.562. The Labute approximate surface area is 133 Å². The lowest BCUT2D eigenvalue weighted by Gasteiger charge is -2.27. The number of alkyl carbamates (subject to hydrolysis) is 1. The Hall–Kier alpha value is -1.76. The fourth-order valence-corrected chi connectivity index (χ4v) is 1.96. The summed E-state index contributed by atoms with van der Waals surface area (Å²) in [5.74, 6) is 0. The van der Waals surface area contributed by atoms with Crippen molar-refractivity contribution in [3.05, 3.63) is 35.9 Å². The summed E-state index contributed by atoms with van der Waals surface area (Å²) in [7, 11) is 0. The van der Waals surface area contributed by atoms with Crippen LogP contribution in [-0.2, 0) is 11.2 Å². The second-order valence-corrected chi connectivity index (χ2v) is 6.26. The Balaban J connectivity index is 2.75. The molecule has 7 heteroatoms. The lowest BCUT2D eigenvalue weighted by Crippen LogP contribution is -2.51. The van der Waals surface area contributed by atoms with Gasteiger partial charge in [-0.25, -0.2) is 4.79 Å². The molecule has 2 atom stereocenters. The van der Waals surface area contributed by atoms with Gasteiger partial charge >= 0.3 is 12.3 Å². The first kappa shape index (κ1) is 19.3. The minimum atomic E-state index is -4.82. The molecular formula is C16H22F3NO3. The lowest BCUT2D eigenvalue weighted by atomic mass is 10.0. The molecule has 0 radical (unpaired) electrons. The van der Waals surface area contributed by atoms with Crippen molar-refractivity contribution in [1.29, 1.82) is 0 Å². The molecule has 0 aromatic heterocycles. The first-order chi connectivity index (χ1) is 10.5. The number of aryl methyl sites for hydroxylation is 1. The molecule has 1 amide bonds. The summed E-state index contributed by atoms with van der Waals surface area (Å²) in [6.45, 7) is 4.81. The van der Waals surface area contributed by atoms with Crippen LogP contribution in [0.25, 0.3) is 0 Å². The second-order valence-electron chi connectivity index (χ2n) is 6.26. The highest BCUT2D eigenvalue weighted by atomic mass is 19.4. The molecule has 0 aliphatic rings. The van der Waals surface area contributed by atoms with Crippen LogP contribution >= 0.6 is 0 Å². The highest BCUT2D eigenvalue weighted by Crippen LogP contribution is 2.24. The minimum absolute atomic E-state index is 0.0655. The number of benzene rings is 1.